The first-order valence-electron chi connectivity index (χ1n) is 9.69. The number of hydrogen-bond donors (Lipinski definition) is 1. The maximum atomic E-state index is 9.05. The minimum absolute atomic E-state index is 0.275. The lowest BCUT2D eigenvalue weighted by atomic mass is 10.1. The molecule has 0 aliphatic heterocycles. The molecule has 3 rings (SSSR count). The number of aliphatic hydroxyl groups is 1. The molecule has 0 radical (unpaired) electrons. The lowest BCUT2D eigenvalue weighted by molar-refractivity contribution is 0.234. The van der Waals surface area contributed by atoms with Gasteiger partial charge in [0.25, 0.3) is 0 Å². The van der Waals surface area contributed by atoms with Crippen LogP contribution < -0.4 is 15.9 Å². The molecule has 1 N–H and O–H groups in total. The highest BCUT2D eigenvalue weighted by Crippen LogP contribution is 2.36. The van der Waals surface area contributed by atoms with Gasteiger partial charge in [0.2, 0.25) is 0 Å². The summed E-state index contributed by atoms with van der Waals surface area (Å²) in [6.07, 6.45) is 1.89. The van der Waals surface area contributed by atoms with Crippen LogP contribution in [0.4, 0.5) is 0 Å². The number of benzene rings is 2. The quantitative estimate of drug-likeness (QED) is 0.346. The second-order valence-electron chi connectivity index (χ2n) is 6.96. The lowest BCUT2D eigenvalue weighted by Gasteiger charge is -2.32. The second-order valence-corrected chi connectivity index (χ2v) is 9.15. The molecule has 0 bridgehead atoms. The third-order valence-electron chi connectivity index (χ3n) is 5.13. The van der Waals surface area contributed by atoms with E-state index in [2.05, 4.69) is 97.7 Å². The first kappa shape index (κ1) is 19.9. The third-order valence-corrected chi connectivity index (χ3v) is 7.64. The third kappa shape index (κ3) is 4.90. The van der Waals surface area contributed by atoms with E-state index in [9.17, 15) is 0 Å². The van der Waals surface area contributed by atoms with Gasteiger partial charge in [-0.15, -0.1) is 10.9 Å². The molecular formula is C24H29NOP-. The van der Waals surface area contributed by atoms with Gasteiger partial charge < -0.3 is 10.0 Å². The van der Waals surface area contributed by atoms with Crippen molar-refractivity contribution in [2.45, 2.75) is 25.8 Å². The van der Waals surface area contributed by atoms with Crippen molar-refractivity contribution in [2.75, 3.05) is 20.2 Å². The molecule has 0 aliphatic rings. The van der Waals surface area contributed by atoms with Gasteiger partial charge in [0, 0.05) is 6.61 Å². The largest absolute Gasteiger partial charge is 0.396 e. The van der Waals surface area contributed by atoms with Crippen LogP contribution in [0.15, 0.2) is 78.9 Å². The van der Waals surface area contributed by atoms with Crippen LogP contribution in [0.3, 0.4) is 0 Å². The van der Waals surface area contributed by atoms with E-state index in [0.29, 0.717) is 6.04 Å². The van der Waals surface area contributed by atoms with E-state index in [-0.39, 0.29) is 6.61 Å². The summed E-state index contributed by atoms with van der Waals surface area (Å²) in [6.45, 7) is 3.57. The molecule has 3 aromatic rings. The van der Waals surface area contributed by atoms with E-state index in [4.69, 9.17) is 5.11 Å². The maximum Gasteiger partial charge on any atom is 0.0431 e. The number of unbranched alkanes of at least 4 members (excludes halogenated alkanes) is 1. The number of hydrogen-bond acceptors (Lipinski definition) is 2. The van der Waals surface area contributed by atoms with Crippen LogP contribution in [0, 0.1) is 0 Å². The van der Waals surface area contributed by atoms with Gasteiger partial charge in [0.1, 0.15) is 0 Å². The summed E-state index contributed by atoms with van der Waals surface area (Å²) in [6, 6.07) is 28.9. The molecule has 1 atom stereocenters. The van der Waals surface area contributed by atoms with Crippen LogP contribution in [0.5, 0.6) is 0 Å². The van der Waals surface area contributed by atoms with E-state index in [1.54, 1.807) is 0 Å². The smallest absolute Gasteiger partial charge is 0.0431 e. The van der Waals surface area contributed by atoms with Crippen molar-refractivity contribution in [3.8, 4) is 0 Å². The molecule has 0 saturated carbocycles. The van der Waals surface area contributed by atoms with Crippen molar-refractivity contribution in [1.29, 1.82) is 0 Å². The van der Waals surface area contributed by atoms with Gasteiger partial charge in [0.15, 0.2) is 0 Å². The zero-order valence-corrected chi connectivity index (χ0v) is 17.1. The molecule has 0 saturated heterocycles. The van der Waals surface area contributed by atoms with E-state index < -0.39 is 7.92 Å². The Bertz CT molecular complexity index is 760. The number of nitrogens with zero attached hydrogens (tertiary/aromatic N) is 1. The van der Waals surface area contributed by atoms with Crippen LogP contribution >= 0.6 is 7.92 Å². The first-order chi connectivity index (χ1) is 13.2. The monoisotopic (exact) mass is 378 g/mol. The Morgan fingerprint density at radius 3 is 2.04 bits per heavy atom. The van der Waals surface area contributed by atoms with E-state index in [0.717, 1.165) is 19.4 Å². The summed E-state index contributed by atoms with van der Waals surface area (Å²) >= 11 is 0. The predicted molar refractivity (Wildman–Crippen MR) is 118 cm³/mol. The predicted octanol–water partition coefficient (Wildman–Crippen LogP) is 3.93. The Morgan fingerprint density at radius 2 is 1.48 bits per heavy atom. The highest BCUT2D eigenvalue weighted by atomic mass is 31.1. The highest BCUT2D eigenvalue weighted by Gasteiger charge is 2.18. The fraction of sp³-hybridized carbons (Fsp3) is 0.292. The summed E-state index contributed by atoms with van der Waals surface area (Å²) in [7, 11) is 1.62. The molecule has 27 heavy (non-hydrogen) atoms. The van der Waals surface area contributed by atoms with Crippen molar-refractivity contribution in [2.24, 2.45) is 0 Å². The Morgan fingerprint density at radius 1 is 0.889 bits per heavy atom. The Balaban J connectivity index is 1.94. The first-order valence-corrected chi connectivity index (χ1v) is 11.0. The summed E-state index contributed by atoms with van der Waals surface area (Å²) in [5.41, 5.74) is 1.42. The van der Waals surface area contributed by atoms with Crippen molar-refractivity contribution < 1.29 is 5.11 Å². The summed E-state index contributed by atoms with van der Waals surface area (Å²) in [5, 5.41) is 13.3. The van der Waals surface area contributed by atoms with Crippen molar-refractivity contribution in [3.63, 3.8) is 0 Å². The maximum absolute atomic E-state index is 9.05. The summed E-state index contributed by atoms with van der Waals surface area (Å²) < 4.78 is 0. The molecular weight excluding hydrogens is 349 g/mol. The zero-order chi connectivity index (χ0) is 19.1. The molecule has 0 spiro atoms. The Hall–Kier alpha value is -1.86. The van der Waals surface area contributed by atoms with Crippen LogP contribution in [0.1, 0.15) is 31.4 Å². The van der Waals surface area contributed by atoms with E-state index >= 15 is 0 Å². The molecule has 2 nitrogen and oxygen atoms in total. The standard InChI is InChI=1S/C24H29NOP/c1-20(25(2)18-9-10-19-26)23-16-11-17-24(23)27(21-12-5-3-6-13-21)22-14-7-4-8-15-22/h3-8,11-17,20,26H,9-10,18-19H2,1-2H3/q-1/t20-/m1/s1. The van der Waals surface area contributed by atoms with Crippen LogP contribution in [-0.4, -0.2) is 30.2 Å². The average Bonchev–Trinajstić information content (AvgIpc) is 3.18. The van der Waals surface area contributed by atoms with E-state index in [1.807, 2.05) is 0 Å². The lowest BCUT2D eigenvalue weighted by Crippen LogP contribution is -2.29. The molecule has 0 fully saturated rings. The number of aliphatic hydroxyl groups excluding tert-OH is 1. The normalized spacial score (nSPS) is 12.6. The summed E-state index contributed by atoms with van der Waals surface area (Å²) in [4.78, 5) is 2.40. The molecule has 0 amide bonds. The van der Waals surface area contributed by atoms with Gasteiger partial charge in [-0.25, -0.2) is 12.1 Å². The minimum Gasteiger partial charge on any atom is -0.396 e. The molecule has 0 heterocycles. The van der Waals surface area contributed by atoms with Gasteiger partial charge >= 0.3 is 0 Å². The van der Waals surface area contributed by atoms with E-state index in [1.165, 1.54) is 21.5 Å². The van der Waals surface area contributed by atoms with Gasteiger partial charge in [0.05, 0.1) is 0 Å². The molecule has 0 unspecified atom stereocenters. The topological polar surface area (TPSA) is 23.5 Å². The average molecular weight is 378 g/mol. The summed E-state index contributed by atoms with van der Waals surface area (Å²) in [5.74, 6) is 0. The molecule has 3 aromatic carbocycles. The fourth-order valence-electron chi connectivity index (χ4n) is 3.47. The van der Waals surface area contributed by atoms with Crippen LogP contribution in [-0.2, 0) is 0 Å². The Labute approximate surface area is 164 Å². The van der Waals surface area contributed by atoms with Crippen LogP contribution in [0.25, 0.3) is 0 Å². The van der Waals surface area contributed by atoms with Gasteiger partial charge in [-0.2, -0.15) is 6.07 Å². The zero-order valence-electron chi connectivity index (χ0n) is 16.3. The SMILES string of the molecule is C[C@H]([c-]1cccc1P(c1ccccc1)c1ccccc1)N(C)CCCCO. The highest BCUT2D eigenvalue weighted by molar-refractivity contribution is 7.79. The van der Waals surface area contributed by atoms with Gasteiger partial charge in [-0.05, 0) is 51.0 Å². The van der Waals surface area contributed by atoms with Crippen LogP contribution in [0.2, 0.25) is 0 Å². The minimum atomic E-state index is -0.570. The molecule has 0 aliphatic carbocycles. The van der Waals surface area contributed by atoms with Gasteiger partial charge in [-0.1, -0.05) is 67.6 Å². The molecule has 142 valence electrons. The molecule has 0 aromatic heterocycles. The molecule has 3 heteroatoms. The fourth-order valence-corrected chi connectivity index (χ4v) is 6.02. The van der Waals surface area contributed by atoms with Crippen molar-refractivity contribution in [3.05, 3.63) is 84.4 Å². The van der Waals surface area contributed by atoms with Gasteiger partial charge in [-0.3, -0.25) is 0 Å². The van der Waals surface area contributed by atoms with Crippen molar-refractivity contribution in [1.82, 2.24) is 4.90 Å². The number of rotatable bonds is 9. The van der Waals surface area contributed by atoms with Crippen molar-refractivity contribution >= 4 is 23.8 Å². The second kappa shape index (κ2) is 9.90. The Kier molecular flexibility index (Phi) is 7.29.